The number of aryl methyl sites for hydroxylation is 1. The van der Waals surface area contributed by atoms with Crippen LogP contribution >= 0.6 is 0 Å². The van der Waals surface area contributed by atoms with Crippen LogP contribution in [0.2, 0.25) is 0 Å². The first-order chi connectivity index (χ1) is 10.2. The number of aromatic nitrogens is 7. The van der Waals surface area contributed by atoms with Crippen molar-refractivity contribution in [3.63, 3.8) is 0 Å². The SMILES string of the molecule is CCCn1nnnc1Cn1nnc(C(=O)O)c1CCOC. The van der Waals surface area contributed by atoms with Crippen LogP contribution in [0.3, 0.4) is 0 Å². The van der Waals surface area contributed by atoms with Crippen molar-refractivity contribution in [1.29, 1.82) is 0 Å². The number of ether oxygens (including phenoxy) is 1. The molecule has 2 aromatic rings. The number of carboxylic acids is 1. The number of tetrazole rings is 1. The van der Waals surface area contributed by atoms with Gasteiger partial charge in [-0.25, -0.2) is 14.2 Å². The second kappa shape index (κ2) is 6.88. The monoisotopic (exact) mass is 295 g/mol. The van der Waals surface area contributed by atoms with Gasteiger partial charge < -0.3 is 9.84 Å². The molecule has 10 nitrogen and oxygen atoms in total. The van der Waals surface area contributed by atoms with Crippen molar-refractivity contribution < 1.29 is 14.6 Å². The lowest BCUT2D eigenvalue weighted by molar-refractivity contribution is 0.0688. The Morgan fingerprint density at radius 2 is 2.10 bits per heavy atom. The van der Waals surface area contributed by atoms with Crippen molar-refractivity contribution in [2.75, 3.05) is 13.7 Å². The second-order valence-electron chi connectivity index (χ2n) is 4.41. The van der Waals surface area contributed by atoms with E-state index in [0.717, 1.165) is 6.42 Å². The molecule has 0 aliphatic heterocycles. The van der Waals surface area contributed by atoms with Gasteiger partial charge >= 0.3 is 5.97 Å². The average molecular weight is 295 g/mol. The van der Waals surface area contributed by atoms with E-state index >= 15 is 0 Å². The molecular weight excluding hydrogens is 278 g/mol. The summed E-state index contributed by atoms with van der Waals surface area (Å²) in [5.41, 5.74) is 0.428. The van der Waals surface area contributed by atoms with Gasteiger partial charge in [-0.2, -0.15) is 0 Å². The number of aromatic carboxylic acids is 1. The van der Waals surface area contributed by atoms with Crippen LogP contribution in [-0.2, 0) is 24.2 Å². The Morgan fingerprint density at radius 1 is 1.29 bits per heavy atom. The van der Waals surface area contributed by atoms with Gasteiger partial charge in [0, 0.05) is 20.1 Å². The van der Waals surface area contributed by atoms with Crippen LogP contribution in [0, 0.1) is 0 Å². The molecule has 0 saturated heterocycles. The number of hydrogen-bond donors (Lipinski definition) is 1. The van der Waals surface area contributed by atoms with E-state index in [9.17, 15) is 4.79 Å². The molecule has 0 aromatic carbocycles. The summed E-state index contributed by atoms with van der Waals surface area (Å²) in [6, 6.07) is 0. The Labute approximate surface area is 120 Å². The van der Waals surface area contributed by atoms with Crippen molar-refractivity contribution >= 4 is 5.97 Å². The lowest BCUT2D eigenvalue weighted by Gasteiger charge is -2.07. The molecule has 0 saturated carbocycles. The summed E-state index contributed by atoms with van der Waals surface area (Å²) in [6.45, 7) is 3.36. The third-order valence-electron chi connectivity index (χ3n) is 2.92. The largest absolute Gasteiger partial charge is 0.476 e. The summed E-state index contributed by atoms with van der Waals surface area (Å²) in [7, 11) is 1.55. The predicted molar refractivity (Wildman–Crippen MR) is 69.8 cm³/mol. The van der Waals surface area contributed by atoms with Crippen LogP contribution in [0.4, 0.5) is 0 Å². The molecule has 0 bridgehead atoms. The van der Waals surface area contributed by atoms with Crippen LogP contribution in [0.25, 0.3) is 0 Å². The predicted octanol–water partition coefficient (Wildman–Crippen LogP) is -0.390. The number of nitrogens with zero attached hydrogens (tertiary/aromatic N) is 7. The van der Waals surface area contributed by atoms with Crippen LogP contribution in [-0.4, -0.2) is 60.0 Å². The topological polar surface area (TPSA) is 121 Å². The summed E-state index contributed by atoms with van der Waals surface area (Å²) in [4.78, 5) is 11.2. The molecule has 0 fully saturated rings. The van der Waals surface area contributed by atoms with Gasteiger partial charge in [-0.1, -0.05) is 12.1 Å². The van der Waals surface area contributed by atoms with E-state index in [1.807, 2.05) is 6.92 Å². The molecule has 21 heavy (non-hydrogen) atoms. The highest BCUT2D eigenvalue weighted by Gasteiger charge is 2.20. The molecule has 0 radical (unpaired) electrons. The first kappa shape index (κ1) is 15.0. The molecule has 1 N–H and O–H groups in total. The van der Waals surface area contributed by atoms with E-state index in [0.29, 0.717) is 31.1 Å². The van der Waals surface area contributed by atoms with E-state index in [1.54, 1.807) is 11.8 Å². The van der Waals surface area contributed by atoms with Crippen LogP contribution in [0.15, 0.2) is 0 Å². The molecule has 10 heteroatoms. The van der Waals surface area contributed by atoms with Crippen LogP contribution in [0.5, 0.6) is 0 Å². The smallest absolute Gasteiger partial charge is 0.358 e. The zero-order valence-electron chi connectivity index (χ0n) is 11.9. The van der Waals surface area contributed by atoms with Gasteiger partial charge in [0.25, 0.3) is 0 Å². The van der Waals surface area contributed by atoms with Crippen molar-refractivity contribution in [3.05, 3.63) is 17.2 Å². The number of carboxylic acid groups (broad SMARTS) is 1. The Kier molecular flexibility index (Phi) is 4.93. The molecule has 114 valence electrons. The van der Waals surface area contributed by atoms with E-state index in [1.165, 1.54) is 4.68 Å². The van der Waals surface area contributed by atoms with E-state index < -0.39 is 5.97 Å². The highest BCUT2D eigenvalue weighted by Crippen LogP contribution is 2.09. The molecule has 2 heterocycles. The van der Waals surface area contributed by atoms with Gasteiger partial charge in [0.1, 0.15) is 6.54 Å². The highest BCUT2D eigenvalue weighted by atomic mass is 16.5. The normalized spacial score (nSPS) is 11.0. The molecule has 0 atom stereocenters. The fourth-order valence-corrected chi connectivity index (χ4v) is 1.93. The van der Waals surface area contributed by atoms with Gasteiger partial charge in [0.15, 0.2) is 11.5 Å². The molecule has 2 rings (SSSR count). The molecule has 0 aliphatic carbocycles. The summed E-state index contributed by atoms with van der Waals surface area (Å²) < 4.78 is 8.16. The number of methoxy groups -OCH3 is 1. The standard InChI is InChI=1S/C11H17N7O3/c1-3-5-17-9(12-14-16-17)7-18-8(4-6-21-2)10(11(19)20)13-15-18/h3-7H2,1-2H3,(H,19,20). The fourth-order valence-electron chi connectivity index (χ4n) is 1.93. The Balaban J connectivity index is 2.26. The lowest BCUT2D eigenvalue weighted by Crippen LogP contribution is -2.15. The number of carbonyl (C=O) groups is 1. The maximum Gasteiger partial charge on any atom is 0.358 e. The minimum Gasteiger partial charge on any atom is -0.476 e. The highest BCUT2D eigenvalue weighted by molar-refractivity contribution is 5.86. The molecule has 2 aromatic heterocycles. The van der Waals surface area contributed by atoms with E-state index in [-0.39, 0.29) is 12.2 Å². The molecule has 0 spiro atoms. The maximum atomic E-state index is 11.2. The van der Waals surface area contributed by atoms with Gasteiger partial charge in [0.05, 0.1) is 12.3 Å². The van der Waals surface area contributed by atoms with Gasteiger partial charge in [0.2, 0.25) is 0 Å². The van der Waals surface area contributed by atoms with Crippen molar-refractivity contribution in [2.24, 2.45) is 0 Å². The van der Waals surface area contributed by atoms with Gasteiger partial charge in [-0.05, 0) is 16.8 Å². The average Bonchev–Trinajstić information content (AvgIpc) is 3.05. The Bertz CT molecular complexity index is 607. The molecule has 0 unspecified atom stereocenters. The van der Waals surface area contributed by atoms with E-state index in [2.05, 4.69) is 25.8 Å². The van der Waals surface area contributed by atoms with E-state index in [4.69, 9.17) is 9.84 Å². The minimum absolute atomic E-state index is 0.0680. The van der Waals surface area contributed by atoms with Crippen molar-refractivity contribution in [2.45, 2.75) is 32.9 Å². The van der Waals surface area contributed by atoms with Gasteiger partial charge in [-0.3, -0.25) is 0 Å². The summed E-state index contributed by atoms with van der Waals surface area (Å²) in [6.07, 6.45) is 1.30. The molecule has 0 amide bonds. The Morgan fingerprint density at radius 3 is 2.76 bits per heavy atom. The van der Waals surface area contributed by atoms with Crippen molar-refractivity contribution in [1.82, 2.24) is 35.2 Å². The van der Waals surface area contributed by atoms with Crippen molar-refractivity contribution in [3.8, 4) is 0 Å². The summed E-state index contributed by atoms with van der Waals surface area (Å²) >= 11 is 0. The molecule has 0 aliphatic rings. The first-order valence-corrected chi connectivity index (χ1v) is 6.57. The maximum absolute atomic E-state index is 11.2. The first-order valence-electron chi connectivity index (χ1n) is 6.57. The quantitative estimate of drug-likeness (QED) is 0.699. The minimum atomic E-state index is -1.11. The third kappa shape index (κ3) is 3.40. The Hall–Kier alpha value is -2.36. The van der Waals surface area contributed by atoms with Crippen LogP contribution < -0.4 is 0 Å². The molecular formula is C11H17N7O3. The summed E-state index contributed by atoms with van der Waals surface area (Å²) in [5.74, 6) is -0.502. The lowest BCUT2D eigenvalue weighted by atomic mass is 10.2. The number of hydrogen-bond acceptors (Lipinski definition) is 7. The second-order valence-corrected chi connectivity index (χ2v) is 4.41. The summed E-state index contributed by atoms with van der Waals surface area (Å²) in [5, 5.41) is 28.2. The zero-order valence-corrected chi connectivity index (χ0v) is 11.9. The van der Waals surface area contributed by atoms with Gasteiger partial charge in [-0.15, -0.1) is 10.2 Å². The number of rotatable bonds is 8. The fraction of sp³-hybridized carbons (Fsp3) is 0.636. The third-order valence-corrected chi connectivity index (χ3v) is 2.92. The zero-order chi connectivity index (χ0) is 15.2. The van der Waals surface area contributed by atoms with Crippen LogP contribution in [0.1, 0.15) is 35.4 Å².